The number of benzene rings is 3. The second kappa shape index (κ2) is 10.8. The third kappa shape index (κ3) is 5.35. The Labute approximate surface area is 219 Å². The summed E-state index contributed by atoms with van der Waals surface area (Å²) in [5.41, 5.74) is 2.80. The van der Waals surface area contributed by atoms with Crippen molar-refractivity contribution in [3.05, 3.63) is 94.1 Å². The number of carbonyl (C=O) groups is 2. The number of anilines is 1. The van der Waals surface area contributed by atoms with E-state index in [2.05, 4.69) is 0 Å². The van der Waals surface area contributed by atoms with E-state index in [-0.39, 0.29) is 18.1 Å². The summed E-state index contributed by atoms with van der Waals surface area (Å²) in [5.74, 6) is -0.0335. The highest BCUT2D eigenvalue weighted by atomic mass is 35.5. The Hall–Kier alpha value is -3.88. The number of nitrogens with zero attached hydrogens (tertiary/aromatic N) is 2. The number of likely N-dealkylation sites (N-methyl/N-ethyl adjacent to an activating group) is 1. The summed E-state index contributed by atoms with van der Waals surface area (Å²) in [6.07, 6.45) is 1.73. The van der Waals surface area contributed by atoms with Gasteiger partial charge in [-0.05, 0) is 84.9 Å². The predicted molar refractivity (Wildman–Crippen MR) is 143 cm³/mol. The van der Waals surface area contributed by atoms with E-state index in [4.69, 9.17) is 38.4 Å². The monoisotopic (exact) mass is 522 g/mol. The fourth-order valence-corrected chi connectivity index (χ4v) is 4.16. The van der Waals surface area contributed by atoms with Gasteiger partial charge < -0.3 is 19.5 Å². The van der Waals surface area contributed by atoms with Crippen LogP contribution in [0, 0.1) is 0 Å². The summed E-state index contributed by atoms with van der Waals surface area (Å²) in [5, 5.41) is 9.75. The van der Waals surface area contributed by atoms with Gasteiger partial charge in [-0.1, -0.05) is 29.8 Å². The molecule has 7 nitrogen and oxygen atoms in total. The van der Waals surface area contributed by atoms with Crippen LogP contribution in [0.4, 0.5) is 5.69 Å². The molecule has 36 heavy (non-hydrogen) atoms. The van der Waals surface area contributed by atoms with E-state index in [0.717, 1.165) is 11.3 Å². The maximum atomic E-state index is 13.2. The average molecular weight is 523 g/mol. The lowest BCUT2D eigenvalue weighted by Gasteiger charge is -2.16. The van der Waals surface area contributed by atoms with Crippen LogP contribution in [-0.2, 0) is 11.4 Å². The van der Waals surface area contributed by atoms with Gasteiger partial charge >= 0.3 is 5.97 Å². The number of carboxylic acids is 1. The van der Waals surface area contributed by atoms with Gasteiger partial charge in [-0.15, -0.1) is 0 Å². The molecule has 3 aromatic rings. The molecule has 0 spiro atoms. The van der Waals surface area contributed by atoms with E-state index in [9.17, 15) is 9.59 Å². The average Bonchev–Trinajstić information content (AvgIpc) is 3.07. The molecular formula is C27H23ClN2O5S. The van der Waals surface area contributed by atoms with Gasteiger partial charge in [0.25, 0.3) is 5.91 Å². The first-order valence-corrected chi connectivity index (χ1v) is 11.9. The number of ether oxygens (including phenoxy) is 2. The van der Waals surface area contributed by atoms with Crippen LogP contribution in [0.2, 0.25) is 5.02 Å². The number of thiocarbonyl (C=S) groups is 1. The normalized spacial score (nSPS) is 14.5. The molecule has 0 aromatic heterocycles. The van der Waals surface area contributed by atoms with Gasteiger partial charge in [0.2, 0.25) is 0 Å². The molecule has 184 valence electrons. The fraction of sp³-hybridized carbons (Fsp3) is 0.148. The molecule has 0 radical (unpaired) electrons. The Morgan fingerprint density at radius 1 is 1.06 bits per heavy atom. The van der Waals surface area contributed by atoms with Crippen molar-refractivity contribution < 1.29 is 24.2 Å². The SMILES string of the molecule is CCOc1ccc(N2C(=O)/C(=C/c3ccc(OCc4ccc(C(=O)O)cc4)c(Cl)c3)N(C)C2=S)cc1. The smallest absolute Gasteiger partial charge is 0.335 e. The quantitative estimate of drug-likeness (QED) is 0.304. The van der Waals surface area contributed by atoms with Crippen LogP contribution < -0.4 is 14.4 Å². The summed E-state index contributed by atoms with van der Waals surface area (Å²) in [6.45, 7) is 2.69. The lowest BCUT2D eigenvalue weighted by atomic mass is 10.1. The molecule has 0 unspecified atom stereocenters. The summed E-state index contributed by atoms with van der Waals surface area (Å²) in [4.78, 5) is 27.3. The Kier molecular flexibility index (Phi) is 7.57. The Bertz CT molecular complexity index is 1340. The molecule has 0 bridgehead atoms. The molecule has 0 atom stereocenters. The lowest BCUT2D eigenvalue weighted by molar-refractivity contribution is -0.114. The number of rotatable bonds is 8. The van der Waals surface area contributed by atoms with Crippen LogP contribution in [0.1, 0.15) is 28.4 Å². The maximum Gasteiger partial charge on any atom is 0.335 e. The van der Waals surface area contributed by atoms with Crippen molar-refractivity contribution in [2.75, 3.05) is 18.6 Å². The summed E-state index contributed by atoms with van der Waals surface area (Å²) in [6, 6.07) is 18.9. The van der Waals surface area contributed by atoms with Gasteiger partial charge in [0.15, 0.2) is 5.11 Å². The van der Waals surface area contributed by atoms with Gasteiger partial charge in [0.05, 0.1) is 22.9 Å². The molecule has 9 heteroatoms. The number of hydrogen-bond acceptors (Lipinski definition) is 5. The van der Waals surface area contributed by atoms with Crippen LogP contribution >= 0.6 is 23.8 Å². The summed E-state index contributed by atoms with van der Waals surface area (Å²) in [7, 11) is 1.75. The molecule has 1 amide bonds. The van der Waals surface area contributed by atoms with Crippen molar-refractivity contribution in [1.82, 2.24) is 4.90 Å². The number of carboxylic acid groups (broad SMARTS) is 1. The maximum absolute atomic E-state index is 13.2. The van der Waals surface area contributed by atoms with E-state index in [1.54, 1.807) is 72.6 Å². The minimum atomic E-state index is -0.982. The number of aromatic carboxylic acids is 1. The van der Waals surface area contributed by atoms with Gasteiger partial charge in [0, 0.05) is 7.05 Å². The largest absolute Gasteiger partial charge is 0.494 e. The lowest BCUT2D eigenvalue weighted by Crippen LogP contribution is -2.31. The highest BCUT2D eigenvalue weighted by molar-refractivity contribution is 7.80. The predicted octanol–water partition coefficient (Wildman–Crippen LogP) is 5.62. The van der Waals surface area contributed by atoms with Crippen LogP contribution in [-0.4, -0.2) is 40.6 Å². The topological polar surface area (TPSA) is 79.3 Å². The first kappa shape index (κ1) is 25.2. The van der Waals surface area contributed by atoms with E-state index in [0.29, 0.717) is 39.4 Å². The Morgan fingerprint density at radius 3 is 2.36 bits per heavy atom. The van der Waals surface area contributed by atoms with Gasteiger partial charge in [-0.2, -0.15) is 0 Å². The van der Waals surface area contributed by atoms with E-state index < -0.39 is 5.97 Å². The number of hydrogen-bond donors (Lipinski definition) is 1. The highest BCUT2D eigenvalue weighted by Crippen LogP contribution is 2.31. The molecular weight excluding hydrogens is 500 g/mol. The minimum Gasteiger partial charge on any atom is -0.494 e. The molecule has 1 heterocycles. The zero-order valence-electron chi connectivity index (χ0n) is 19.6. The summed E-state index contributed by atoms with van der Waals surface area (Å²) < 4.78 is 11.3. The minimum absolute atomic E-state index is 0.209. The Morgan fingerprint density at radius 2 is 1.75 bits per heavy atom. The van der Waals surface area contributed by atoms with Crippen molar-refractivity contribution in [1.29, 1.82) is 0 Å². The summed E-state index contributed by atoms with van der Waals surface area (Å²) >= 11 is 12.0. The van der Waals surface area contributed by atoms with Crippen molar-refractivity contribution in [2.45, 2.75) is 13.5 Å². The number of carbonyl (C=O) groups excluding carboxylic acids is 1. The zero-order chi connectivity index (χ0) is 25.8. The molecule has 1 fully saturated rings. The van der Waals surface area contributed by atoms with Crippen LogP contribution in [0.5, 0.6) is 11.5 Å². The fourth-order valence-electron chi connectivity index (χ4n) is 3.63. The molecule has 1 aliphatic heterocycles. The molecule has 0 saturated carbocycles. The number of amides is 1. The van der Waals surface area contributed by atoms with Crippen molar-refractivity contribution >= 4 is 52.6 Å². The zero-order valence-corrected chi connectivity index (χ0v) is 21.2. The second-order valence-corrected chi connectivity index (χ2v) is 8.69. The van der Waals surface area contributed by atoms with Gasteiger partial charge in [-0.3, -0.25) is 9.69 Å². The van der Waals surface area contributed by atoms with Crippen molar-refractivity contribution in [3.63, 3.8) is 0 Å². The molecule has 0 aliphatic carbocycles. The van der Waals surface area contributed by atoms with Gasteiger partial charge in [0.1, 0.15) is 23.8 Å². The van der Waals surface area contributed by atoms with Crippen molar-refractivity contribution in [2.24, 2.45) is 0 Å². The van der Waals surface area contributed by atoms with Crippen LogP contribution in [0.3, 0.4) is 0 Å². The van der Waals surface area contributed by atoms with Crippen LogP contribution in [0.15, 0.2) is 72.4 Å². The third-order valence-electron chi connectivity index (χ3n) is 5.52. The van der Waals surface area contributed by atoms with Crippen LogP contribution in [0.25, 0.3) is 6.08 Å². The van der Waals surface area contributed by atoms with E-state index in [1.807, 2.05) is 6.92 Å². The van der Waals surface area contributed by atoms with Gasteiger partial charge in [-0.25, -0.2) is 4.79 Å². The highest BCUT2D eigenvalue weighted by Gasteiger charge is 2.36. The Balaban J connectivity index is 1.48. The number of halogens is 1. The molecule has 1 N–H and O–H groups in total. The molecule has 1 aliphatic rings. The molecule has 1 saturated heterocycles. The molecule has 4 rings (SSSR count). The molecule has 3 aromatic carbocycles. The first-order chi connectivity index (χ1) is 17.3. The third-order valence-corrected chi connectivity index (χ3v) is 6.27. The van der Waals surface area contributed by atoms with Crippen molar-refractivity contribution in [3.8, 4) is 11.5 Å². The van der Waals surface area contributed by atoms with E-state index >= 15 is 0 Å². The standard InChI is InChI=1S/C27H23ClN2O5S/c1-3-34-21-11-9-20(10-12-21)30-25(31)23(29(2)27(30)36)15-18-6-13-24(22(28)14-18)35-16-17-4-7-19(8-5-17)26(32)33/h4-15H,3,16H2,1-2H3,(H,32,33)/b23-15-. The van der Waals surface area contributed by atoms with E-state index in [1.165, 1.54) is 17.0 Å². The second-order valence-electron chi connectivity index (χ2n) is 7.92. The first-order valence-electron chi connectivity index (χ1n) is 11.1.